The molecule has 3 fully saturated rings. The van der Waals surface area contributed by atoms with Crippen molar-refractivity contribution in [1.29, 1.82) is 0 Å². The van der Waals surface area contributed by atoms with Crippen LogP contribution in [0.15, 0.2) is 42.7 Å². The van der Waals surface area contributed by atoms with Crippen LogP contribution < -0.4 is 10.2 Å². The zero-order valence-electron chi connectivity index (χ0n) is 23.6. The number of halogens is 3. The van der Waals surface area contributed by atoms with Gasteiger partial charge in [0.1, 0.15) is 12.2 Å². The number of fused-ring (bicyclic) bond motifs is 1. The van der Waals surface area contributed by atoms with Crippen LogP contribution in [-0.4, -0.2) is 51.8 Å². The molecular formula is C31H35F3N6O. The summed E-state index contributed by atoms with van der Waals surface area (Å²) in [4.78, 5) is 17.5. The standard InChI is InChI=1S/C31H35F3N6O/c1-19-12-30(13-19,28-37-36-18-38(28)3)22-5-4-6-23(11-22)40-14-25-24(27(40)41)9-21(10-26(25)31(32,33)34)20(2)39-16-29(17-39)7-8-35-15-29/h4-6,9-11,18-20,35H,7-8,12-17H2,1-3H3/t19?,20-,30?/m0/s1. The molecule has 1 spiro atoms. The average molecular weight is 565 g/mol. The number of likely N-dealkylation sites (tertiary alicyclic amines) is 1. The molecule has 7 rings (SSSR count). The molecule has 4 aliphatic rings. The molecule has 0 radical (unpaired) electrons. The molecule has 216 valence electrons. The lowest BCUT2D eigenvalue weighted by molar-refractivity contribution is -0.138. The van der Waals surface area contributed by atoms with Crippen molar-refractivity contribution in [2.24, 2.45) is 18.4 Å². The van der Waals surface area contributed by atoms with Gasteiger partial charge in [0.15, 0.2) is 0 Å². The molecule has 1 aliphatic carbocycles. The number of benzene rings is 2. The van der Waals surface area contributed by atoms with Gasteiger partial charge < -0.3 is 14.8 Å². The van der Waals surface area contributed by atoms with E-state index in [1.54, 1.807) is 12.4 Å². The van der Waals surface area contributed by atoms with E-state index >= 15 is 0 Å². The molecule has 10 heteroatoms. The third-order valence-electron chi connectivity index (χ3n) is 10.1. The Labute approximate surface area is 237 Å². The quantitative estimate of drug-likeness (QED) is 0.469. The third-order valence-corrected chi connectivity index (χ3v) is 10.1. The number of hydrogen-bond acceptors (Lipinski definition) is 5. The second-order valence-electron chi connectivity index (χ2n) is 12.9. The Bertz CT molecular complexity index is 1510. The summed E-state index contributed by atoms with van der Waals surface area (Å²) in [5.74, 6) is 0.989. The fourth-order valence-electron chi connectivity index (χ4n) is 7.86. The minimum atomic E-state index is -4.55. The largest absolute Gasteiger partial charge is 0.416 e. The van der Waals surface area contributed by atoms with Gasteiger partial charge in [-0.25, -0.2) is 0 Å². The van der Waals surface area contributed by atoms with Crippen LogP contribution in [0.2, 0.25) is 0 Å². The molecule has 7 nitrogen and oxygen atoms in total. The van der Waals surface area contributed by atoms with Crippen molar-refractivity contribution in [3.63, 3.8) is 0 Å². The fraction of sp³-hybridized carbons (Fsp3) is 0.516. The van der Waals surface area contributed by atoms with E-state index in [9.17, 15) is 18.0 Å². The Morgan fingerprint density at radius 2 is 1.93 bits per heavy atom. The topological polar surface area (TPSA) is 66.3 Å². The minimum Gasteiger partial charge on any atom is -0.320 e. The highest BCUT2D eigenvalue weighted by atomic mass is 19.4. The van der Waals surface area contributed by atoms with Crippen LogP contribution in [0, 0.1) is 11.3 Å². The first kappa shape index (κ1) is 26.6. The highest BCUT2D eigenvalue weighted by Gasteiger charge is 2.49. The van der Waals surface area contributed by atoms with Gasteiger partial charge in [-0.1, -0.05) is 19.1 Å². The Morgan fingerprint density at radius 1 is 1.15 bits per heavy atom. The lowest BCUT2D eigenvalue weighted by Gasteiger charge is -2.51. The number of rotatable bonds is 5. The van der Waals surface area contributed by atoms with E-state index in [2.05, 4.69) is 27.3 Å². The third kappa shape index (κ3) is 4.13. The van der Waals surface area contributed by atoms with Crippen LogP contribution in [0.4, 0.5) is 18.9 Å². The number of carbonyl (C=O) groups is 1. The number of nitrogens with one attached hydrogen (secondary N) is 1. The fourth-order valence-corrected chi connectivity index (χ4v) is 7.86. The van der Waals surface area contributed by atoms with Gasteiger partial charge in [-0.3, -0.25) is 9.69 Å². The zero-order chi connectivity index (χ0) is 28.7. The SMILES string of the molecule is CC1CC(c2cccc(N3Cc4c(cc([C@H](C)N5CC6(CCNC6)C5)cc4C(F)(F)F)C3=O)c2)(c2nncn2C)C1. The number of aryl methyl sites for hydroxylation is 1. The van der Waals surface area contributed by atoms with Gasteiger partial charge in [0.05, 0.1) is 17.5 Å². The predicted molar refractivity (Wildman–Crippen MR) is 148 cm³/mol. The van der Waals surface area contributed by atoms with Crippen LogP contribution in [0.25, 0.3) is 0 Å². The molecule has 2 saturated heterocycles. The van der Waals surface area contributed by atoms with Crippen molar-refractivity contribution < 1.29 is 18.0 Å². The van der Waals surface area contributed by atoms with E-state index in [-0.39, 0.29) is 40.5 Å². The first-order chi connectivity index (χ1) is 19.5. The van der Waals surface area contributed by atoms with Gasteiger partial charge in [-0.2, -0.15) is 13.2 Å². The van der Waals surface area contributed by atoms with Crippen molar-refractivity contribution in [3.8, 4) is 0 Å². The summed E-state index contributed by atoms with van der Waals surface area (Å²) in [5.41, 5.74) is 1.57. The van der Waals surface area contributed by atoms with E-state index in [4.69, 9.17) is 0 Å². The van der Waals surface area contributed by atoms with Crippen molar-refractivity contribution in [2.75, 3.05) is 31.1 Å². The normalized spacial score (nSPS) is 26.2. The smallest absolute Gasteiger partial charge is 0.320 e. The van der Waals surface area contributed by atoms with Gasteiger partial charge in [0.25, 0.3) is 5.91 Å². The Balaban J connectivity index is 1.22. The molecule has 1 aromatic heterocycles. The van der Waals surface area contributed by atoms with E-state index in [0.717, 1.165) is 56.8 Å². The summed E-state index contributed by atoms with van der Waals surface area (Å²) in [5, 5.41) is 11.9. The first-order valence-electron chi connectivity index (χ1n) is 14.5. The molecular weight excluding hydrogens is 529 g/mol. The summed E-state index contributed by atoms with van der Waals surface area (Å²) >= 11 is 0. The van der Waals surface area contributed by atoms with Crippen LogP contribution in [0.1, 0.15) is 77.6 Å². The molecule has 1 amide bonds. The van der Waals surface area contributed by atoms with Crippen LogP contribution >= 0.6 is 0 Å². The number of anilines is 1. The molecule has 1 atom stereocenters. The maximum atomic E-state index is 14.4. The lowest BCUT2D eigenvalue weighted by Crippen LogP contribution is -2.57. The van der Waals surface area contributed by atoms with Crippen LogP contribution in [0.3, 0.4) is 0 Å². The number of hydrogen-bond donors (Lipinski definition) is 1. The highest BCUT2D eigenvalue weighted by molar-refractivity contribution is 6.10. The molecule has 3 aliphatic heterocycles. The lowest BCUT2D eigenvalue weighted by atomic mass is 9.58. The molecule has 4 heterocycles. The van der Waals surface area contributed by atoms with Crippen molar-refractivity contribution in [3.05, 3.63) is 76.4 Å². The maximum absolute atomic E-state index is 14.4. The summed E-state index contributed by atoms with van der Waals surface area (Å²) in [6, 6.07) is 10.4. The number of aromatic nitrogens is 3. The second-order valence-corrected chi connectivity index (χ2v) is 12.9. The molecule has 0 bridgehead atoms. The predicted octanol–water partition coefficient (Wildman–Crippen LogP) is 5.07. The maximum Gasteiger partial charge on any atom is 0.416 e. The van der Waals surface area contributed by atoms with Gasteiger partial charge in [-0.05, 0) is 79.6 Å². The van der Waals surface area contributed by atoms with E-state index in [0.29, 0.717) is 17.2 Å². The number of amides is 1. The Kier molecular flexibility index (Phi) is 5.93. The summed E-state index contributed by atoms with van der Waals surface area (Å²) < 4.78 is 45.2. The van der Waals surface area contributed by atoms with Crippen molar-refractivity contribution >= 4 is 11.6 Å². The number of nitrogens with zero attached hydrogens (tertiary/aromatic N) is 5. The van der Waals surface area contributed by atoms with Crippen molar-refractivity contribution in [1.82, 2.24) is 25.0 Å². The Morgan fingerprint density at radius 3 is 2.56 bits per heavy atom. The molecule has 1 N–H and O–H groups in total. The second kappa shape index (κ2) is 9.13. The summed E-state index contributed by atoms with van der Waals surface area (Å²) in [7, 11) is 1.92. The van der Waals surface area contributed by atoms with E-state index in [1.807, 2.05) is 42.8 Å². The van der Waals surface area contributed by atoms with Gasteiger partial charge in [0.2, 0.25) is 0 Å². The monoisotopic (exact) mass is 564 g/mol. The van der Waals surface area contributed by atoms with Crippen LogP contribution in [-0.2, 0) is 25.2 Å². The van der Waals surface area contributed by atoms with Gasteiger partial charge in [0, 0.05) is 49.4 Å². The van der Waals surface area contributed by atoms with Crippen LogP contribution in [0.5, 0.6) is 0 Å². The highest BCUT2D eigenvalue weighted by Crippen LogP contribution is 2.52. The number of carbonyl (C=O) groups excluding carboxylic acids is 1. The molecule has 41 heavy (non-hydrogen) atoms. The summed E-state index contributed by atoms with van der Waals surface area (Å²) in [6.07, 6.45) is 0.0137. The van der Waals surface area contributed by atoms with Gasteiger partial charge >= 0.3 is 6.18 Å². The molecule has 3 aromatic rings. The minimum absolute atomic E-state index is 0.0595. The zero-order valence-corrected chi connectivity index (χ0v) is 23.6. The van der Waals surface area contributed by atoms with E-state index < -0.39 is 11.7 Å². The van der Waals surface area contributed by atoms with Gasteiger partial charge in [-0.15, -0.1) is 10.2 Å². The number of alkyl halides is 3. The molecule has 0 unspecified atom stereocenters. The van der Waals surface area contributed by atoms with Crippen molar-refractivity contribution in [2.45, 2.75) is 57.3 Å². The Hall–Kier alpha value is -3.24. The average Bonchev–Trinajstić information content (AvgIpc) is 3.64. The first-order valence-corrected chi connectivity index (χ1v) is 14.5. The molecule has 1 saturated carbocycles. The van der Waals surface area contributed by atoms with E-state index in [1.165, 1.54) is 11.0 Å². The summed E-state index contributed by atoms with van der Waals surface area (Å²) in [6.45, 7) is 7.70. The molecule has 2 aromatic carbocycles.